The van der Waals surface area contributed by atoms with E-state index in [0.29, 0.717) is 17.7 Å². The molecule has 8 heteroatoms. The Morgan fingerprint density at radius 3 is 2.25 bits per heavy atom. The number of halogens is 2. The molecule has 2 aromatic carbocycles. The number of amides is 2. The predicted molar refractivity (Wildman–Crippen MR) is 98.0 cm³/mol. The largest absolute Gasteiger partial charge is 0.465 e. The van der Waals surface area contributed by atoms with Gasteiger partial charge in [0.2, 0.25) is 5.91 Å². The van der Waals surface area contributed by atoms with Crippen molar-refractivity contribution in [3.8, 4) is 0 Å². The predicted octanol–water partition coefficient (Wildman–Crippen LogP) is 3.60. The van der Waals surface area contributed by atoms with Crippen molar-refractivity contribution in [3.05, 3.63) is 59.2 Å². The van der Waals surface area contributed by atoms with E-state index in [-0.39, 0.29) is 23.1 Å². The van der Waals surface area contributed by atoms with Gasteiger partial charge in [0, 0.05) is 23.2 Å². The second-order valence-electron chi connectivity index (χ2n) is 6.64. The molecule has 146 valence electrons. The van der Waals surface area contributed by atoms with Gasteiger partial charge in [-0.3, -0.25) is 9.59 Å². The molecular weight excluding hydrogens is 370 g/mol. The van der Waals surface area contributed by atoms with E-state index < -0.39 is 29.1 Å². The Kier molecular flexibility index (Phi) is 5.39. The van der Waals surface area contributed by atoms with Crippen LogP contribution in [0.3, 0.4) is 0 Å². The van der Waals surface area contributed by atoms with E-state index in [1.165, 1.54) is 12.1 Å². The molecule has 2 amide bonds. The first-order valence-corrected chi connectivity index (χ1v) is 8.59. The molecular formula is C20H18F2N2O4. The third-order valence-corrected chi connectivity index (χ3v) is 4.57. The number of ether oxygens (including phenoxy) is 1. The van der Waals surface area contributed by atoms with Crippen LogP contribution in [0.5, 0.6) is 0 Å². The van der Waals surface area contributed by atoms with Gasteiger partial charge in [-0.15, -0.1) is 0 Å². The van der Waals surface area contributed by atoms with Crippen molar-refractivity contribution in [3.63, 3.8) is 0 Å². The maximum atomic E-state index is 13.9. The molecule has 0 bridgehead atoms. The van der Waals surface area contributed by atoms with Gasteiger partial charge in [0.05, 0.1) is 18.4 Å². The number of carbonyl (C=O) groups is 3. The summed E-state index contributed by atoms with van der Waals surface area (Å²) in [5.74, 6) is -3.42. The molecule has 1 aliphatic carbocycles. The number of methoxy groups -OCH3 is 1. The Morgan fingerprint density at radius 1 is 1.04 bits per heavy atom. The first kappa shape index (κ1) is 19.5. The summed E-state index contributed by atoms with van der Waals surface area (Å²) in [6.45, 7) is 2.00. The van der Waals surface area contributed by atoms with Gasteiger partial charge in [-0.05, 0) is 42.7 Å². The average Bonchev–Trinajstić information content (AvgIpc) is 3.40. The number of hydrogen-bond donors (Lipinski definition) is 2. The monoisotopic (exact) mass is 388 g/mol. The zero-order valence-corrected chi connectivity index (χ0v) is 15.2. The van der Waals surface area contributed by atoms with Crippen molar-refractivity contribution in [2.45, 2.75) is 13.3 Å². The highest BCUT2D eigenvalue weighted by Crippen LogP contribution is 2.38. The lowest BCUT2D eigenvalue weighted by Crippen LogP contribution is -2.16. The molecule has 0 heterocycles. The molecule has 0 spiro atoms. The molecule has 2 atom stereocenters. The van der Waals surface area contributed by atoms with Gasteiger partial charge < -0.3 is 15.4 Å². The fraction of sp³-hybridized carbons (Fsp3) is 0.250. The van der Waals surface area contributed by atoms with E-state index in [2.05, 4.69) is 15.4 Å². The third kappa shape index (κ3) is 4.16. The highest BCUT2D eigenvalue weighted by Gasteiger charge is 2.39. The summed E-state index contributed by atoms with van der Waals surface area (Å²) in [6.07, 6.45) is 0.864. The number of nitrogens with one attached hydrogen (secondary N) is 2. The van der Waals surface area contributed by atoms with Gasteiger partial charge in [-0.2, -0.15) is 0 Å². The Morgan fingerprint density at radius 2 is 1.68 bits per heavy atom. The second-order valence-corrected chi connectivity index (χ2v) is 6.64. The van der Waals surface area contributed by atoms with Crippen molar-refractivity contribution in [2.75, 3.05) is 17.7 Å². The number of hydrogen-bond acceptors (Lipinski definition) is 4. The first-order valence-electron chi connectivity index (χ1n) is 8.59. The van der Waals surface area contributed by atoms with Crippen molar-refractivity contribution in [1.29, 1.82) is 0 Å². The third-order valence-electron chi connectivity index (χ3n) is 4.57. The number of benzene rings is 2. The summed E-state index contributed by atoms with van der Waals surface area (Å²) in [5.41, 5.74) is -0.110. The summed E-state index contributed by atoms with van der Waals surface area (Å²) >= 11 is 0. The van der Waals surface area contributed by atoms with E-state index in [1.54, 1.807) is 12.1 Å². The smallest absolute Gasteiger partial charge is 0.340 e. The molecule has 1 aliphatic rings. The molecule has 6 nitrogen and oxygen atoms in total. The minimum atomic E-state index is -1.09. The molecule has 2 aromatic rings. The maximum absolute atomic E-state index is 13.9. The molecule has 28 heavy (non-hydrogen) atoms. The Hall–Kier alpha value is -3.29. The van der Waals surface area contributed by atoms with E-state index in [9.17, 15) is 23.2 Å². The van der Waals surface area contributed by atoms with Crippen molar-refractivity contribution < 1.29 is 27.9 Å². The summed E-state index contributed by atoms with van der Waals surface area (Å²) in [7, 11) is 1.06. The minimum Gasteiger partial charge on any atom is -0.465 e. The van der Waals surface area contributed by atoms with Crippen LogP contribution >= 0.6 is 0 Å². The molecule has 0 saturated heterocycles. The quantitative estimate of drug-likeness (QED) is 0.767. The summed E-state index contributed by atoms with van der Waals surface area (Å²) in [4.78, 5) is 35.8. The zero-order valence-electron chi connectivity index (χ0n) is 15.2. The van der Waals surface area contributed by atoms with E-state index in [4.69, 9.17) is 0 Å². The van der Waals surface area contributed by atoms with Crippen molar-refractivity contribution in [2.24, 2.45) is 11.8 Å². The Balaban J connectivity index is 1.71. The molecule has 1 saturated carbocycles. The number of carbonyl (C=O) groups excluding carboxylic acids is 3. The van der Waals surface area contributed by atoms with Crippen molar-refractivity contribution in [1.82, 2.24) is 0 Å². The lowest BCUT2D eigenvalue weighted by Gasteiger charge is -2.10. The van der Waals surface area contributed by atoms with Gasteiger partial charge in [-0.1, -0.05) is 6.92 Å². The maximum Gasteiger partial charge on any atom is 0.340 e. The highest BCUT2D eigenvalue weighted by molar-refractivity contribution is 6.05. The SMILES string of the molecule is COC(=O)c1cc(NC(=O)c2ccc(NC(=O)C3CC3C)cc2)c(F)cc1F. The van der Waals surface area contributed by atoms with Crippen LogP contribution < -0.4 is 10.6 Å². The number of anilines is 2. The van der Waals surface area contributed by atoms with E-state index in [0.717, 1.165) is 19.6 Å². The summed E-state index contributed by atoms with van der Waals surface area (Å²) in [6, 6.07) is 7.41. The fourth-order valence-electron chi connectivity index (χ4n) is 2.73. The standard InChI is InChI=1S/C20H18F2N2O4/c1-10-7-13(10)19(26)23-12-5-3-11(4-6-12)18(25)24-17-8-14(20(27)28-2)15(21)9-16(17)22/h3-6,8-10,13H,7H2,1-2H3,(H,23,26)(H,24,25). The average molecular weight is 388 g/mol. The topological polar surface area (TPSA) is 84.5 Å². The number of rotatable bonds is 5. The molecule has 1 fully saturated rings. The Labute approximate surface area is 159 Å². The zero-order chi connectivity index (χ0) is 20.4. The molecule has 0 aliphatic heterocycles. The van der Waals surface area contributed by atoms with Crippen LogP contribution in [0.1, 0.15) is 34.1 Å². The highest BCUT2D eigenvalue weighted by atomic mass is 19.1. The molecule has 2 unspecified atom stereocenters. The number of esters is 1. The van der Waals surface area contributed by atoms with Gasteiger partial charge in [0.1, 0.15) is 11.6 Å². The van der Waals surface area contributed by atoms with Gasteiger partial charge >= 0.3 is 5.97 Å². The normalized spacial score (nSPS) is 17.6. The van der Waals surface area contributed by atoms with Crippen LogP contribution in [-0.2, 0) is 9.53 Å². The van der Waals surface area contributed by atoms with Crippen LogP contribution in [0.4, 0.5) is 20.2 Å². The van der Waals surface area contributed by atoms with E-state index in [1.807, 2.05) is 6.92 Å². The van der Waals surface area contributed by atoms with Gasteiger partial charge in [-0.25, -0.2) is 13.6 Å². The molecule has 3 rings (SSSR count). The molecule has 2 N–H and O–H groups in total. The lowest BCUT2D eigenvalue weighted by molar-refractivity contribution is -0.117. The van der Waals surface area contributed by atoms with Crippen LogP contribution in [0.2, 0.25) is 0 Å². The Bertz CT molecular complexity index is 944. The summed E-state index contributed by atoms with van der Waals surface area (Å²) in [5, 5.41) is 5.06. The fourth-order valence-corrected chi connectivity index (χ4v) is 2.73. The van der Waals surface area contributed by atoms with Crippen LogP contribution in [0, 0.1) is 23.5 Å². The lowest BCUT2D eigenvalue weighted by atomic mass is 10.1. The van der Waals surface area contributed by atoms with Crippen LogP contribution in [0.25, 0.3) is 0 Å². The van der Waals surface area contributed by atoms with Crippen LogP contribution in [0.15, 0.2) is 36.4 Å². The molecule has 0 radical (unpaired) electrons. The molecule has 0 aromatic heterocycles. The van der Waals surface area contributed by atoms with Crippen molar-refractivity contribution >= 4 is 29.2 Å². The van der Waals surface area contributed by atoms with E-state index >= 15 is 0 Å². The van der Waals surface area contributed by atoms with Crippen LogP contribution in [-0.4, -0.2) is 24.9 Å². The second kappa shape index (κ2) is 7.75. The van der Waals surface area contributed by atoms with Gasteiger partial charge in [0.25, 0.3) is 5.91 Å². The van der Waals surface area contributed by atoms with Gasteiger partial charge in [0.15, 0.2) is 0 Å². The first-order chi connectivity index (χ1) is 13.3. The minimum absolute atomic E-state index is 0.0217. The summed E-state index contributed by atoms with van der Waals surface area (Å²) < 4.78 is 32.0.